The molecule has 3 nitrogen and oxygen atoms in total. The first kappa shape index (κ1) is 11.0. The van der Waals surface area contributed by atoms with Crippen molar-refractivity contribution >= 4 is 28.2 Å². The van der Waals surface area contributed by atoms with Gasteiger partial charge in [0.1, 0.15) is 12.5 Å². The highest BCUT2D eigenvalue weighted by Gasteiger charge is 2.10. The average molecular weight is 237 g/mol. The van der Waals surface area contributed by atoms with Crippen LogP contribution in [0.25, 0.3) is 11.0 Å². The molecule has 0 atom stereocenters. The van der Waals surface area contributed by atoms with E-state index in [1.54, 1.807) is 0 Å². The predicted octanol–water partition coefficient (Wildman–Crippen LogP) is 1.83. The maximum atomic E-state index is 12.5. The van der Waals surface area contributed by atoms with Gasteiger partial charge in [-0.25, -0.2) is 9.37 Å². The number of halogens is 1. The Labute approximate surface area is 98.1 Å². The third kappa shape index (κ3) is 2.04. The van der Waals surface area contributed by atoms with Crippen molar-refractivity contribution in [2.24, 2.45) is 5.73 Å². The molecule has 0 radical (unpaired) electrons. The molecule has 0 saturated carbocycles. The topological polar surface area (TPSA) is 43.8 Å². The van der Waals surface area contributed by atoms with Crippen LogP contribution in [0.3, 0.4) is 0 Å². The minimum absolute atomic E-state index is 0.290. The largest absolute Gasteiger partial charge is 0.393 e. The smallest absolute Gasteiger partial charge is 0.116 e. The third-order valence-corrected chi connectivity index (χ3v) is 2.52. The number of alkyl halides is 1. The summed E-state index contributed by atoms with van der Waals surface area (Å²) < 4.78 is 14.3. The third-order valence-electron chi connectivity index (χ3n) is 2.37. The maximum Gasteiger partial charge on any atom is 0.116 e. The van der Waals surface area contributed by atoms with Crippen LogP contribution >= 0.6 is 12.2 Å². The summed E-state index contributed by atoms with van der Waals surface area (Å²) in [6.45, 7) is -0.136. The van der Waals surface area contributed by atoms with Crippen LogP contribution < -0.4 is 5.73 Å². The molecule has 0 saturated heterocycles. The Hall–Kier alpha value is -1.49. The van der Waals surface area contributed by atoms with Gasteiger partial charge < -0.3 is 10.3 Å². The highest BCUT2D eigenvalue weighted by atomic mass is 32.1. The quantitative estimate of drug-likeness (QED) is 0.825. The van der Waals surface area contributed by atoms with E-state index in [2.05, 4.69) is 4.98 Å². The molecule has 0 aliphatic rings. The normalized spacial score (nSPS) is 10.8. The van der Waals surface area contributed by atoms with Gasteiger partial charge in [-0.1, -0.05) is 24.4 Å². The second kappa shape index (κ2) is 4.57. The maximum absolute atomic E-state index is 12.5. The number of thiocarbonyl (C=S) groups is 1. The summed E-state index contributed by atoms with van der Waals surface area (Å²) in [6, 6.07) is 7.62. The van der Waals surface area contributed by atoms with Crippen LogP contribution in [0.4, 0.5) is 4.39 Å². The number of aryl methyl sites for hydroxylation is 1. The molecule has 2 rings (SSSR count). The minimum Gasteiger partial charge on any atom is -0.393 e. The van der Waals surface area contributed by atoms with Crippen molar-refractivity contribution in [2.75, 3.05) is 6.67 Å². The number of imidazole rings is 1. The lowest BCUT2D eigenvalue weighted by Crippen LogP contribution is -2.16. The highest BCUT2D eigenvalue weighted by Crippen LogP contribution is 2.16. The SMILES string of the molecule is NC(=S)Cc1nc2ccccc2n1CCF. The fourth-order valence-corrected chi connectivity index (χ4v) is 1.88. The Kier molecular flexibility index (Phi) is 3.14. The van der Waals surface area contributed by atoms with Crippen molar-refractivity contribution < 1.29 is 4.39 Å². The van der Waals surface area contributed by atoms with Crippen LogP contribution in [-0.4, -0.2) is 21.2 Å². The van der Waals surface area contributed by atoms with Gasteiger partial charge >= 0.3 is 0 Å². The zero-order valence-corrected chi connectivity index (χ0v) is 9.51. The van der Waals surface area contributed by atoms with E-state index in [1.807, 2.05) is 28.8 Å². The first-order valence-corrected chi connectivity index (χ1v) is 5.41. The monoisotopic (exact) mass is 237 g/mol. The molecular weight excluding hydrogens is 225 g/mol. The summed E-state index contributed by atoms with van der Waals surface area (Å²) in [5.74, 6) is 0.728. The van der Waals surface area contributed by atoms with Crippen molar-refractivity contribution in [3.8, 4) is 0 Å². The van der Waals surface area contributed by atoms with Gasteiger partial charge in [0.15, 0.2) is 0 Å². The summed E-state index contributed by atoms with van der Waals surface area (Å²) in [7, 11) is 0. The van der Waals surface area contributed by atoms with Gasteiger partial charge in [-0.3, -0.25) is 0 Å². The molecule has 5 heteroatoms. The molecule has 0 fully saturated rings. The summed E-state index contributed by atoms with van der Waals surface area (Å²) in [5, 5.41) is 0. The Bertz CT molecular complexity index is 521. The number of hydrogen-bond donors (Lipinski definition) is 1. The van der Waals surface area contributed by atoms with Gasteiger partial charge in [-0.2, -0.15) is 0 Å². The molecule has 1 heterocycles. The Morgan fingerprint density at radius 1 is 1.44 bits per heavy atom. The first-order valence-electron chi connectivity index (χ1n) is 5.01. The second-order valence-electron chi connectivity index (χ2n) is 3.50. The van der Waals surface area contributed by atoms with Crippen LogP contribution in [0.5, 0.6) is 0 Å². The number of benzene rings is 1. The molecule has 84 valence electrons. The van der Waals surface area contributed by atoms with Gasteiger partial charge in [0.05, 0.1) is 29.0 Å². The van der Waals surface area contributed by atoms with Crippen molar-refractivity contribution in [1.82, 2.24) is 9.55 Å². The molecule has 0 bridgehead atoms. The van der Waals surface area contributed by atoms with Gasteiger partial charge in [0, 0.05) is 0 Å². The Balaban J connectivity index is 2.53. The standard InChI is InChI=1S/C11H12FN3S/c12-5-6-15-9-4-2-1-3-8(9)14-11(15)7-10(13)16/h1-4H,5-7H2,(H2,13,16). The number of aromatic nitrogens is 2. The van der Waals surface area contributed by atoms with Crippen LogP contribution in [0, 0.1) is 0 Å². The summed E-state index contributed by atoms with van der Waals surface area (Å²) >= 11 is 4.86. The molecule has 1 aromatic heterocycles. The van der Waals surface area contributed by atoms with Crippen molar-refractivity contribution in [1.29, 1.82) is 0 Å². The number of nitrogens with zero attached hydrogens (tertiary/aromatic N) is 2. The molecule has 2 N–H and O–H groups in total. The van der Waals surface area contributed by atoms with Crippen LogP contribution in [0.15, 0.2) is 24.3 Å². The first-order chi connectivity index (χ1) is 7.72. The molecule has 0 unspecified atom stereocenters. The molecular formula is C11H12FN3S. The van der Waals surface area contributed by atoms with Crippen LogP contribution in [0.1, 0.15) is 5.82 Å². The fourth-order valence-electron chi connectivity index (χ4n) is 1.75. The van der Waals surface area contributed by atoms with E-state index in [-0.39, 0.29) is 0 Å². The minimum atomic E-state index is -0.426. The lowest BCUT2D eigenvalue weighted by atomic mass is 10.3. The van der Waals surface area contributed by atoms with Gasteiger partial charge in [0.2, 0.25) is 0 Å². The Morgan fingerprint density at radius 3 is 2.88 bits per heavy atom. The van der Waals surface area contributed by atoms with E-state index in [1.165, 1.54) is 0 Å². The van der Waals surface area contributed by atoms with E-state index in [0.717, 1.165) is 16.9 Å². The number of nitrogens with two attached hydrogens (primary N) is 1. The van der Waals surface area contributed by atoms with Gasteiger partial charge in [0.25, 0.3) is 0 Å². The molecule has 0 aliphatic carbocycles. The number of fused-ring (bicyclic) bond motifs is 1. The van der Waals surface area contributed by atoms with E-state index in [9.17, 15) is 4.39 Å². The molecule has 0 aliphatic heterocycles. The summed E-state index contributed by atoms with van der Waals surface area (Å²) in [4.78, 5) is 4.77. The molecule has 16 heavy (non-hydrogen) atoms. The second-order valence-corrected chi connectivity index (χ2v) is 4.02. The Morgan fingerprint density at radius 2 is 2.19 bits per heavy atom. The number of hydrogen-bond acceptors (Lipinski definition) is 2. The average Bonchev–Trinajstić information content (AvgIpc) is 2.57. The lowest BCUT2D eigenvalue weighted by molar-refractivity contribution is 0.445. The predicted molar refractivity (Wildman–Crippen MR) is 66.2 cm³/mol. The molecule has 0 spiro atoms. The van der Waals surface area contributed by atoms with Crippen molar-refractivity contribution in [2.45, 2.75) is 13.0 Å². The van der Waals surface area contributed by atoms with Crippen LogP contribution in [0.2, 0.25) is 0 Å². The van der Waals surface area contributed by atoms with Gasteiger partial charge in [-0.15, -0.1) is 0 Å². The van der Waals surface area contributed by atoms with Crippen molar-refractivity contribution in [3.05, 3.63) is 30.1 Å². The van der Waals surface area contributed by atoms with Gasteiger partial charge in [-0.05, 0) is 12.1 Å². The summed E-state index contributed by atoms with van der Waals surface area (Å²) in [5.41, 5.74) is 7.27. The van der Waals surface area contributed by atoms with E-state index in [4.69, 9.17) is 18.0 Å². The fraction of sp³-hybridized carbons (Fsp3) is 0.273. The number of para-hydroxylation sites is 2. The zero-order chi connectivity index (χ0) is 11.5. The number of rotatable bonds is 4. The molecule has 2 aromatic rings. The van der Waals surface area contributed by atoms with E-state index >= 15 is 0 Å². The van der Waals surface area contributed by atoms with E-state index in [0.29, 0.717) is 18.0 Å². The zero-order valence-electron chi connectivity index (χ0n) is 8.69. The molecule has 0 amide bonds. The van der Waals surface area contributed by atoms with E-state index < -0.39 is 6.67 Å². The molecule has 1 aromatic carbocycles. The van der Waals surface area contributed by atoms with Crippen LogP contribution in [-0.2, 0) is 13.0 Å². The lowest BCUT2D eigenvalue weighted by Gasteiger charge is -2.05. The summed E-state index contributed by atoms with van der Waals surface area (Å²) in [6.07, 6.45) is 0.407. The van der Waals surface area contributed by atoms with Crippen molar-refractivity contribution in [3.63, 3.8) is 0 Å². The highest BCUT2D eigenvalue weighted by molar-refractivity contribution is 7.80.